The van der Waals surface area contributed by atoms with E-state index in [-0.39, 0.29) is 49.7 Å². The number of fused-ring (bicyclic) bond motifs is 2. The van der Waals surface area contributed by atoms with Gasteiger partial charge in [0.2, 0.25) is 11.8 Å². The minimum absolute atomic E-state index is 0.0167. The lowest BCUT2D eigenvalue weighted by atomic mass is 10.0. The molecule has 1 aromatic carbocycles. The molecule has 4 N–H and O–H groups in total. The van der Waals surface area contributed by atoms with Crippen LogP contribution < -0.4 is 11.1 Å². The van der Waals surface area contributed by atoms with Crippen LogP contribution in [0.4, 0.5) is 9.93 Å². The molecule has 2 aliphatic rings. The van der Waals surface area contributed by atoms with Crippen LogP contribution in [0.5, 0.6) is 5.75 Å². The number of amides is 4. The number of pyridine rings is 1. The number of aromatic nitrogens is 2. The fourth-order valence-electron chi connectivity index (χ4n) is 5.14. The molecule has 0 spiro atoms. The summed E-state index contributed by atoms with van der Waals surface area (Å²) in [6.45, 7) is 3.05. The van der Waals surface area contributed by atoms with Gasteiger partial charge in [0, 0.05) is 32.3 Å². The first kappa shape index (κ1) is 26.6. The summed E-state index contributed by atoms with van der Waals surface area (Å²) in [6.07, 6.45) is 2.75. The van der Waals surface area contributed by atoms with E-state index in [0.717, 1.165) is 28.6 Å². The third kappa shape index (κ3) is 5.32. The summed E-state index contributed by atoms with van der Waals surface area (Å²) < 4.78 is 0.932. The zero-order valence-electron chi connectivity index (χ0n) is 21.9. The van der Waals surface area contributed by atoms with Gasteiger partial charge in [0.05, 0.1) is 29.5 Å². The van der Waals surface area contributed by atoms with E-state index in [0.29, 0.717) is 17.4 Å². The maximum Gasteiger partial charge on any atom is 0.331 e. The van der Waals surface area contributed by atoms with E-state index in [1.165, 1.54) is 28.6 Å². The van der Waals surface area contributed by atoms with E-state index in [1.807, 2.05) is 25.1 Å². The van der Waals surface area contributed by atoms with Crippen molar-refractivity contribution in [1.82, 2.24) is 35.1 Å². The van der Waals surface area contributed by atoms with Gasteiger partial charge in [-0.2, -0.15) is 5.01 Å². The molecule has 2 aromatic heterocycles. The van der Waals surface area contributed by atoms with Crippen LogP contribution in [0.25, 0.3) is 10.2 Å². The minimum Gasteiger partial charge on any atom is -0.506 e. The quantitative estimate of drug-likeness (QED) is 0.358. The van der Waals surface area contributed by atoms with Crippen LogP contribution in [0.1, 0.15) is 31.0 Å². The molecule has 0 aliphatic carbocycles. The third-order valence-corrected chi connectivity index (χ3v) is 7.99. The van der Waals surface area contributed by atoms with E-state index in [4.69, 9.17) is 5.73 Å². The number of thiazole rings is 1. The number of carbonyl (C=O) groups is 3. The number of hydrazine groups is 1. The zero-order valence-corrected chi connectivity index (χ0v) is 22.7. The Balaban J connectivity index is 1.46. The van der Waals surface area contributed by atoms with E-state index >= 15 is 0 Å². The number of carbonyl (C=O) groups excluding carboxylic acids is 3. The zero-order chi connectivity index (χ0) is 27.7. The number of para-hydroxylation sites is 1. The molecule has 206 valence electrons. The summed E-state index contributed by atoms with van der Waals surface area (Å²) in [7, 11) is 1.63. The fraction of sp³-hybridized carbons (Fsp3) is 0.423. The van der Waals surface area contributed by atoms with Crippen molar-refractivity contribution in [2.75, 3.05) is 32.4 Å². The van der Waals surface area contributed by atoms with Gasteiger partial charge in [-0.25, -0.2) is 9.78 Å². The number of anilines is 1. The average molecular weight is 553 g/mol. The van der Waals surface area contributed by atoms with Gasteiger partial charge < -0.3 is 26.0 Å². The van der Waals surface area contributed by atoms with Gasteiger partial charge in [-0.15, -0.1) is 0 Å². The highest BCUT2D eigenvalue weighted by Crippen LogP contribution is 2.32. The van der Waals surface area contributed by atoms with E-state index in [9.17, 15) is 19.5 Å². The normalized spacial score (nSPS) is 19.5. The molecule has 2 atom stereocenters. The largest absolute Gasteiger partial charge is 0.506 e. The SMILES string of the molecule is CCCCNC(=O)N(C)N1CC(=O)N2[C@@H](Cc3ccc(O)cn3)C(=O)N(Cc3cccc4sc(N)nc34)C[C@@H]21. The highest BCUT2D eigenvalue weighted by atomic mass is 32.1. The number of hydrogen-bond donors (Lipinski definition) is 3. The maximum absolute atomic E-state index is 13.9. The lowest BCUT2D eigenvalue weighted by Crippen LogP contribution is -2.65. The predicted molar refractivity (Wildman–Crippen MR) is 146 cm³/mol. The van der Waals surface area contributed by atoms with Crippen LogP contribution in [0.2, 0.25) is 0 Å². The second-order valence-corrected chi connectivity index (χ2v) is 10.8. The molecule has 13 heteroatoms. The Morgan fingerprint density at radius 3 is 2.85 bits per heavy atom. The minimum atomic E-state index is -0.824. The Labute approximate surface area is 230 Å². The Bertz CT molecular complexity index is 1380. The molecule has 2 saturated heterocycles. The fourth-order valence-corrected chi connectivity index (χ4v) is 5.93. The first-order chi connectivity index (χ1) is 18.8. The van der Waals surface area contributed by atoms with Crippen LogP contribution >= 0.6 is 11.3 Å². The number of nitrogens with two attached hydrogens (primary N) is 1. The molecule has 5 rings (SSSR count). The van der Waals surface area contributed by atoms with E-state index < -0.39 is 12.2 Å². The molecular weight excluding hydrogens is 520 g/mol. The molecule has 3 aromatic rings. The van der Waals surface area contributed by atoms with Crippen molar-refractivity contribution in [2.24, 2.45) is 0 Å². The average Bonchev–Trinajstić information content (AvgIpc) is 3.46. The molecule has 0 unspecified atom stereocenters. The summed E-state index contributed by atoms with van der Waals surface area (Å²) >= 11 is 1.39. The van der Waals surface area contributed by atoms with Crippen molar-refractivity contribution in [3.8, 4) is 5.75 Å². The van der Waals surface area contributed by atoms with Crippen LogP contribution in [0.3, 0.4) is 0 Å². The van der Waals surface area contributed by atoms with Crippen molar-refractivity contribution in [3.63, 3.8) is 0 Å². The molecule has 0 saturated carbocycles. The Morgan fingerprint density at radius 2 is 2.10 bits per heavy atom. The lowest BCUT2D eigenvalue weighted by molar-refractivity contribution is -0.157. The van der Waals surface area contributed by atoms with Gasteiger partial charge in [-0.3, -0.25) is 19.6 Å². The number of unbranched alkanes of at least 4 members (excludes halogenated alkanes) is 1. The Hall–Kier alpha value is -3.97. The highest BCUT2D eigenvalue weighted by Gasteiger charge is 2.51. The van der Waals surface area contributed by atoms with Crippen molar-refractivity contribution < 1.29 is 19.5 Å². The standard InChI is InChI=1S/C26H32N8O4S/c1-3-4-10-28-26(38)31(2)33-15-22(36)34-19(11-17-8-9-18(35)12-29-17)24(37)32(14-21(33)34)13-16-6-5-7-20-23(16)30-25(27)39-20/h5-9,12,19,21,35H,3-4,10-11,13-15H2,1-2H3,(H2,27,30)(H,28,38)/t19-,21+/m0/s1. The Morgan fingerprint density at radius 1 is 1.28 bits per heavy atom. The van der Waals surface area contributed by atoms with Crippen LogP contribution in [0, 0.1) is 0 Å². The molecule has 2 fully saturated rings. The van der Waals surface area contributed by atoms with Crippen LogP contribution in [-0.2, 0) is 22.6 Å². The third-order valence-electron chi connectivity index (χ3n) is 7.14. The van der Waals surface area contributed by atoms with Gasteiger partial charge in [-0.05, 0) is 30.2 Å². The maximum atomic E-state index is 13.9. The van der Waals surface area contributed by atoms with Gasteiger partial charge in [0.25, 0.3) is 0 Å². The molecule has 4 heterocycles. The number of nitrogens with zero attached hydrogens (tertiary/aromatic N) is 6. The summed E-state index contributed by atoms with van der Waals surface area (Å²) in [4.78, 5) is 52.1. The predicted octanol–water partition coefficient (Wildman–Crippen LogP) is 1.76. The van der Waals surface area contributed by atoms with Gasteiger partial charge in [0.15, 0.2) is 5.13 Å². The lowest BCUT2D eigenvalue weighted by Gasteiger charge is -2.45. The number of nitrogens with one attached hydrogen (secondary N) is 1. The number of piperazine rings is 1. The van der Waals surface area contributed by atoms with Crippen molar-refractivity contribution in [2.45, 2.75) is 44.9 Å². The molecule has 12 nitrogen and oxygen atoms in total. The summed E-state index contributed by atoms with van der Waals surface area (Å²) in [5.74, 6) is -0.436. The molecule has 0 bridgehead atoms. The summed E-state index contributed by atoms with van der Waals surface area (Å²) in [6, 6.07) is 7.78. The van der Waals surface area contributed by atoms with Crippen molar-refractivity contribution in [3.05, 3.63) is 47.8 Å². The highest BCUT2D eigenvalue weighted by molar-refractivity contribution is 7.22. The molecule has 0 radical (unpaired) electrons. The monoisotopic (exact) mass is 552 g/mol. The number of nitrogen functional groups attached to an aromatic ring is 1. The topological polar surface area (TPSA) is 148 Å². The molecule has 2 aliphatic heterocycles. The number of benzene rings is 1. The number of hydrogen-bond acceptors (Lipinski definition) is 9. The van der Waals surface area contributed by atoms with Gasteiger partial charge >= 0.3 is 6.03 Å². The first-order valence-corrected chi connectivity index (χ1v) is 13.7. The first-order valence-electron chi connectivity index (χ1n) is 12.9. The van der Waals surface area contributed by atoms with Crippen molar-refractivity contribution in [1.29, 1.82) is 0 Å². The molecule has 4 amide bonds. The van der Waals surface area contributed by atoms with E-state index in [1.54, 1.807) is 27.9 Å². The summed E-state index contributed by atoms with van der Waals surface area (Å²) in [5, 5.41) is 16.1. The van der Waals surface area contributed by atoms with Gasteiger partial charge in [-0.1, -0.05) is 36.8 Å². The number of urea groups is 1. The van der Waals surface area contributed by atoms with Crippen LogP contribution in [0.15, 0.2) is 36.5 Å². The molecular formula is C26H32N8O4S. The molecule has 39 heavy (non-hydrogen) atoms. The Kier molecular flexibility index (Phi) is 7.53. The summed E-state index contributed by atoms with van der Waals surface area (Å²) in [5.41, 5.74) is 8.12. The van der Waals surface area contributed by atoms with Gasteiger partial charge in [0.1, 0.15) is 18.0 Å². The second kappa shape index (κ2) is 11.0. The second-order valence-electron chi connectivity index (χ2n) is 9.75. The number of rotatable bonds is 8. The van der Waals surface area contributed by atoms with Crippen LogP contribution in [-0.4, -0.2) is 91.6 Å². The smallest absolute Gasteiger partial charge is 0.331 e. The number of aromatic hydroxyl groups is 1. The van der Waals surface area contributed by atoms with E-state index in [2.05, 4.69) is 15.3 Å². The van der Waals surface area contributed by atoms with Crippen molar-refractivity contribution >= 4 is 44.5 Å².